The number of aliphatic hydroxyl groups is 1. The lowest BCUT2D eigenvalue weighted by Crippen LogP contribution is -2.47. The van der Waals surface area contributed by atoms with Crippen molar-refractivity contribution in [1.82, 2.24) is 10.2 Å². The lowest BCUT2D eigenvalue weighted by Gasteiger charge is -2.32. The van der Waals surface area contributed by atoms with Gasteiger partial charge >= 0.3 is 0 Å². The van der Waals surface area contributed by atoms with Crippen LogP contribution in [0.1, 0.15) is 19.3 Å². The maximum Gasteiger partial charge on any atom is 0.0616 e. The molecule has 0 spiro atoms. The van der Waals surface area contributed by atoms with Gasteiger partial charge in [-0.15, -0.1) is 0 Å². The molecule has 4 heteroatoms. The zero-order valence-corrected chi connectivity index (χ0v) is 9.91. The predicted molar refractivity (Wildman–Crippen MR) is 61.0 cm³/mol. The molecular weight excluding hydrogens is 192 g/mol. The first-order chi connectivity index (χ1) is 7.26. The molecule has 4 nitrogen and oxygen atoms in total. The molecule has 1 saturated heterocycles. The largest absolute Gasteiger partial charge is 0.396 e. The van der Waals surface area contributed by atoms with Gasteiger partial charge in [0.2, 0.25) is 0 Å². The molecule has 0 bridgehead atoms. The van der Waals surface area contributed by atoms with Crippen LogP contribution >= 0.6 is 0 Å². The number of likely N-dealkylation sites (tertiary alicyclic amines) is 1. The molecule has 1 heterocycles. The second kappa shape index (κ2) is 7.17. The monoisotopic (exact) mass is 216 g/mol. The molecule has 15 heavy (non-hydrogen) atoms. The van der Waals surface area contributed by atoms with Gasteiger partial charge in [0.15, 0.2) is 0 Å². The van der Waals surface area contributed by atoms with Crippen LogP contribution in [0.4, 0.5) is 0 Å². The Balaban J connectivity index is 2.24. The van der Waals surface area contributed by atoms with Crippen molar-refractivity contribution in [3.63, 3.8) is 0 Å². The van der Waals surface area contributed by atoms with Crippen molar-refractivity contribution in [2.75, 3.05) is 40.5 Å². The summed E-state index contributed by atoms with van der Waals surface area (Å²) in [7, 11) is 3.87. The second-order valence-electron chi connectivity index (χ2n) is 4.41. The van der Waals surface area contributed by atoms with Crippen LogP contribution < -0.4 is 5.32 Å². The van der Waals surface area contributed by atoms with Gasteiger partial charge < -0.3 is 20.1 Å². The van der Waals surface area contributed by atoms with Gasteiger partial charge in [-0.05, 0) is 39.4 Å². The molecule has 0 radical (unpaired) electrons. The molecular formula is C11H24N2O2. The maximum atomic E-state index is 8.93. The van der Waals surface area contributed by atoms with Crippen molar-refractivity contribution in [3.05, 3.63) is 0 Å². The van der Waals surface area contributed by atoms with E-state index in [9.17, 15) is 0 Å². The summed E-state index contributed by atoms with van der Waals surface area (Å²) in [5, 5.41) is 12.5. The molecule has 0 aromatic heterocycles. The van der Waals surface area contributed by atoms with E-state index in [1.54, 1.807) is 7.11 Å². The van der Waals surface area contributed by atoms with E-state index >= 15 is 0 Å². The molecule has 1 atom stereocenters. The third-order valence-corrected chi connectivity index (χ3v) is 3.04. The van der Waals surface area contributed by atoms with E-state index in [1.165, 1.54) is 12.8 Å². The van der Waals surface area contributed by atoms with Crippen LogP contribution in [0.2, 0.25) is 0 Å². The van der Waals surface area contributed by atoms with Gasteiger partial charge in [0.25, 0.3) is 0 Å². The first-order valence-corrected chi connectivity index (χ1v) is 5.80. The number of methoxy groups -OCH3 is 1. The van der Waals surface area contributed by atoms with E-state index in [0.29, 0.717) is 18.7 Å². The number of aliphatic hydroxyl groups excluding tert-OH is 1. The highest BCUT2D eigenvalue weighted by atomic mass is 16.5. The Kier molecular flexibility index (Phi) is 6.17. The first-order valence-electron chi connectivity index (χ1n) is 5.80. The second-order valence-corrected chi connectivity index (χ2v) is 4.41. The van der Waals surface area contributed by atoms with Gasteiger partial charge in [-0.25, -0.2) is 0 Å². The Hall–Kier alpha value is -0.160. The lowest BCUT2D eigenvalue weighted by molar-refractivity contribution is 0.131. The Morgan fingerprint density at radius 1 is 1.47 bits per heavy atom. The summed E-state index contributed by atoms with van der Waals surface area (Å²) < 4.78 is 5.14. The minimum Gasteiger partial charge on any atom is -0.396 e. The summed E-state index contributed by atoms with van der Waals surface area (Å²) in [5.74, 6) is 0. The molecule has 0 aromatic carbocycles. The van der Waals surface area contributed by atoms with Crippen LogP contribution in [0.3, 0.4) is 0 Å². The van der Waals surface area contributed by atoms with Gasteiger partial charge in [0.1, 0.15) is 0 Å². The summed E-state index contributed by atoms with van der Waals surface area (Å²) in [5.41, 5.74) is 0. The molecule has 1 unspecified atom stereocenters. The summed E-state index contributed by atoms with van der Waals surface area (Å²) in [6.45, 7) is 3.24. The number of hydrogen-bond acceptors (Lipinski definition) is 4. The minimum atomic E-state index is 0.230. The number of ether oxygens (including phenoxy) is 1. The zero-order valence-electron chi connectivity index (χ0n) is 9.91. The van der Waals surface area contributed by atoms with Gasteiger partial charge in [0.05, 0.1) is 6.61 Å². The summed E-state index contributed by atoms with van der Waals surface area (Å²) in [6.07, 6.45) is 3.17. The van der Waals surface area contributed by atoms with E-state index in [1.807, 2.05) is 0 Å². The van der Waals surface area contributed by atoms with Crippen LogP contribution in [0.25, 0.3) is 0 Å². The minimum absolute atomic E-state index is 0.230. The molecule has 90 valence electrons. The van der Waals surface area contributed by atoms with Gasteiger partial charge in [-0.2, -0.15) is 0 Å². The van der Waals surface area contributed by atoms with Crippen molar-refractivity contribution in [2.45, 2.75) is 31.3 Å². The number of nitrogens with one attached hydrogen (secondary N) is 1. The Bertz CT molecular complexity index is 153. The van der Waals surface area contributed by atoms with Crippen molar-refractivity contribution < 1.29 is 9.84 Å². The van der Waals surface area contributed by atoms with E-state index in [4.69, 9.17) is 9.84 Å². The van der Waals surface area contributed by atoms with Crippen LogP contribution in [0.15, 0.2) is 0 Å². The average Bonchev–Trinajstić information content (AvgIpc) is 2.22. The van der Waals surface area contributed by atoms with Gasteiger partial charge in [-0.1, -0.05) is 0 Å². The van der Waals surface area contributed by atoms with Crippen molar-refractivity contribution in [3.8, 4) is 0 Å². The third-order valence-electron chi connectivity index (χ3n) is 3.04. The number of piperidine rings is 1. The molecule has 1 rings (SSSR count). The van der Waals surface area contributed by atoms with E-state index in [-0.39, 0.29) is 6.61 Å². The Morgan fingerprint density at radius 3 is 2.67 bits per heavy atom. The van der Waals surface area contributed by atoms with Gasteiger partial charge in [0, 0.05) is 25.8 Å². The summed E-state index contributed by atoms with van der Waals surface area (Å²) in [4.78, 5) is 2.36. The fraction of sp³-hybridized carbons (Fsp3) is 1.00. The number of hydrogen-bond donors (Lipinski definition) is 2. The van der Waals surface area contributed by atoms with Gasteiger partial charge in [-0.3, -0.25) is 0 Å². The SMILES string of the molecule is COCC(CCO)NC1CCN(C)CC1. The van der Waals surface area contributed by atoms with Crippen LogP contribution in [-0.2, 0) is 4.74 Å². The molecule has 0 saturated carbocycles. The molecule has 0 amide bonds. The zero-order chi connectivity index (χ0) is 11.1. The smallest absolute Gasteiger partial charge is 0.0616 e. The Labute approximate surface area is 92.6 Å². The summed E-state index contributed by atoms with van der Waals surface area (Å²) in [6, 6.07) is 0.890. The average molecular weight is 216 g/mol. The highest BCUT2D eigenvalue weighted by Crippen LogP contribution is 2.09. The van der Waals surface area contributed by atoms with E-state index in [2.05, 4.69) is 17.3 Å². The highest BCUT2D eigenvalue weighted by molar-refractivity contribution is 4.79. The van der Waals surface area contributed by atoms with Crippen LogP contribution in [0, 0.1) is 0 Å². The fourth-order valence-corrected chi connectivity index (χ4v) is 2.08. The van der Waals surface area contributed by atoms with E-state index in [0.717, 1.165) is 19.5 Å². The topological polar surface area (TPSA) is 44.7 Å². The fourth-order valence-electron chi connectivity index (χ4n) is 2.08. The lowest BCUT2D eigenvalue weighted by atomic mass is 10.0. The first kappa shape index (κ1) is 12.9. The van der Waals surface area contributed by atoms with Crippen molar-refractivity contribution in [2.24, 2.45) is 0 Å². The molecule has 2 N–H and O–H groups in total. The molecule has 1 aliphatic heterocycles. The molecule has 0 aromatic rings. The normalized spacial score (nSPS) is 21.8. The summed E-state index contributed by atoms with van der Waals surface area (Å²) >= 11 is 0. The standard InChI is InChI=1S/C11H24N2O2/c1-13-6-3-10(4-7-13)12-11(5-8-14)9-15-2/h10-12,14H,3-9H2,1-2H3. The maximum absolute atomic E-state index is 8.93. The van der Waals surface area contributed by atoms with Crippen LogP contribution in [-0.4, -0.2) is 62.6 Å². The number of rotatable bonds is 6. The number of nitrogens with zero attached hydrogens (tertiary/aromatic N) is 1. The quantitative estimate of drug-likeness (QED) is 0.659. The van der Waals surface area contributed by atoms with Crippen molar-refractivity contribution >= 4 is 0 Å². The van der Waals surface area contributed by atoms with Crippen molar-refractivity contribution in [1.29, 1.82) is 0 Å². The predicted octanol–water partition coefficient (Wildman–Crippen LogP) is 0.0676. The molecule has 1 aliphatic rings. The Morgan fingerprint density at radius 2 is 2.13 bits per heavy atom. The molecule has 0 aliphatic carbocycles. The highest BCUT2D eigenvalue weighted by Gasteiger charge is 2.19. The third kappa shape index (κ3) is 4.93. The molecule has 1 fully saturated rings. The van der Waals surface area contributed by atoms with Crippen LogP contribution in [0.5, 0.6) is 0 Å². The van der Waals surface area contributed by atoms with E-state index < -0.39 is 0 Å².